The van der Waals surface area contributed by atoms with Gasteiger partial charge in [-0.2, -0.15) is 0 Å². The molecule has 0 radical (unpaired) electrons. The number of carbonyl (C=O) groups is 2. The average Bonchev–Trinajstić information content (AvgIpc) is 2.68. The van der Waals surface area contributed by atoms with Gasteiger partial charge in [0.05, 0.1) is 14.3 Å². The molecule has 22 heavy (non-hydrogen) atoms. The number of halogens is 1. The lowest BCUT2D eigenvalue weighted by atomic mass is 10.2. The molecule has 114 valence electrons. The van der Waals surface area contributed by atoms with Crippen molar-refractivity contribution in [3.63, 3.8) is 0 Å². The van der Waals surface area contributed by atoms with Gasteiger partial charge in [-0.25, -0.2) is 0 Å². The topological polar surface area (TPSA) is 101 Å². The minimum Gasteiger partial charge on any atom is -0.480 e. The van der Waals surface area contributed by atoms with Crippen LogP contribution in [0.4, 0.5) is 5.69 Å². The van der Waals surface area contributed by atoms with Crippen molar-refractivity contribution in [2.45, 2.75) is 0 Å². The molecule has 1 saturated heterocycles. The summed E-state index contributed by atoms with van der Waals surface area (Å²) >= 11 is 9.00. The number of rotatable bonds is 4. The van der Waals surface area contributed by atoms with Gasteiger partial charge in [-0.1, -0.05) is 30.0 Å². The van der Waals surface area contributed by atoms with Gasteiger partial charge < -0.3 is 5.11 Å². The highest BCUT2D eigenvalue weighted by Gasteiger charge is 2.33. The van der Waals surface area contributed by atoms with Crippen molar-refractivity contribution >= 4 is 67.9 Å². The lowest BCUT2D eigenvalue weighted by Gasteiger charge is -2.10. The summed E-state index contributed by atoms with van der Waals surface area (Å²) < 4.78 is 0.471. The predicted molar refractivity (Wildman–Crippen MR) is 88.3 cm³/mol. The summed E-state index contributed by atoms with van der Waals surface area (Å²) in [5.74, 6) is -1.69. The Hall–Kier alpha value is -1.78. The van der Waals surface area contributed by atoms with E-state index < -0.39 is 23.3 Å². The fourth-order valence-electron chi connectivity index (χ4n) is 1.68. The Balaban J connectivity index is 2.33. The lowest BCUT2D eigenvalue weighted by Crippen LogP contribution is -2.33. The number of thioether (sulfide) groups is 1. The second-order valence-corrected chi connectivity index (χ2v) is 6.66. The maximum atomic E-state index is 12.1. The van der Waals surface area contributed by atoms with Gasteiger partial charge in [0, 0.05) is 6.07 Å². The van der Waals surface area contributed by atoms with E-state index in [0.29, 0.717) is 10.0 Å². The molecule has 2 rings (SSSR count). The Labute approximate surface area is 142 Å². The van der Waals surface area contributed by atoms with Crippen molar-refractivity contribution in [2.24, 2.45) is 0 Å². The number of carbonyl (C=O) groups excluding carboxylic acids is 1. The van der Waals surface area contributed by atoms with E-state index in [-0.39, 0.29) is 14.9 Å². The number of benzene rings is 1. The highest BCUT2D eigenvalue weighted by molar-refractivity contribution is 9.10. The summed E-state index contributed by atoms with van der Waals surface area (Å²) in [6.07, 6.45) is 1.45. The van der Waals surface area contributed by atoms with Crippen LogP contribution in [-0.2, 0) is 9.59 Å². The summed E-state index contributed by atoms with van der Waals surface area (Å²) in [5.41, 5.74) is 0.320. The first-order valence-electron chi connectivity index (χ1n) is 5.70. The zero-order chi connectivity index (χ0) is 16.4. The zero-order valence-electron chi connectivity index (χ0n) is 10.7. The SMILES string of the molecule is O=C(O)CN1C(=O)/C(=C/c2ccc(Br)c([N+](=O)[O-])c2)SC1=S. The molecule has 1 fully saturated rings. The first kappa shape index (κ1) is 16.6. The molecular weight excluding hydrogens is 396 g/mol. The molecule has 0 atom stereocenters. The predicted octanol–water partition coefficient (Wildman–Crippen LogP) is 2.64. The fourth-order valence-corrected chi connectivity index (χ4v) is 3.33. The molecule has 1 aliphatic rings. The number of hydrogen-bond donors (Lipinski definition) is 1. The van der Waals surface area contributed by atoms with Crippen LogP contribution in [0, 0.1) is 10.1 Å². The van der Waals surface area contributed by atoms with Crippen LogP contribution in [0.15, 0.2) is 27.6 Å². The normalized spacial score (nSPS) is 16.4. The van der Waals surface area contributed by atoms with Crippen LogP contribution in [-0.4, -0.2) is 37.7 Å². The van der Waals surface area contributed by atoms with Gasteiger partial charge in [0.2, 0.25) is 0 Å². The van der Waals surface area contributed by atoms with Gasteiger partial charge >= 0.3 is 5.97 Å². The van der Waals surface area contributed by atoms with Gasteiger partial charge in [-0.05, 0) is 33.6 Å². The van der Waals surface area contributed by atoms with Crippen molar-refractivity contribution in [1.82, 2.24) is 4.90 Å². The maximum Gasteiger partial charge on any atom is 0.323 e. The maximum absolute atomic E-state index is 12.1. The molecule has 1 aromatic carbocycles. The van der Waals surface area contributed by atoms with Crippen molar-refractivity contribution in [3.05, 3.63) is 43.3 Å². The number of thiocarbonyl (C=S) groups is 1. The second kappa shape index (κ2) is 6.55. The number of nitrogens with zero attached hydrogens (tertiary/aromatic N) is 2. The molecule has 1 aromatic rings. The summed E-state index contributed by atoms with van der Waals surface area (Å²) in [7, 11) is 0. The minimum absolute atomic E-state index is 0.130. The minimum atomic E-state index is -1.17. The summed E-state index contributed by atoms with van der Waals surface area (Å²) in [6.45, 7) is -0.511. The van der Waals surface area contributed by atoms with Crippen LogP contribution in [0.5, 0.6) is 0 Å². The smallest absolute Gasteiger partial charge is 0.323 e. The van der Waals surface area contributed by atoms with E-state index in [9.17, 15) is 19.7 Å². The zero-order valence-corrected chi connectivity index (χ0v) is 13.9. The largest absolute Gasteiger partial charge is 0.480 e. The molecule has 1 aliphatic heterocycles. The van der Waals surface area contributed by atoms with E-state index in [1.54, 1.807) is 6.07 Å². The van der Waals surface area contributed by atoms with E-state index in [2.05, 4.69) is 15.9 Å². The molecular formula is C12H7BrN2O5S2. The summed E-state index contributed by atoms with van der Waals surface area (Å²) in [6, 6.07) is 4.41. The third-order valence-electron chi connectivity index (χ3n) is 2.63. The Bertz CT molecular complexity index is 734. The molecule has 1 N–H and O–H groups in total. The molecule has 1 amide bonds. The van der Waals surface area contributed by atoms with E-state index in [1.165, 1.54) is 18.2 Å². The van der Waals surface area contributed by atoms with E-state index in [4.69, 9.17) is 17.3 Å². The van der Waals surface area contributed by atoms with E-state index >= 15 is 0 Å². The first-order chi connectivity index (χ1) is 10.3. The monoisotopic (exact) mass is 402 g/mol. The molecule has 0 aromatic heterocycles. The number of carboxylic acid groups (broad SMARTS) is 1. The summed E-state index contributed by atoms with van der Waals surface area (Å²) in [5, 5.41) is 19.6. The van der Waals surface area contributed by atoms with Crippen molar-refractivity contribution < 1.29 is 19.6 Å². The highest BCUT2D eigenvalue weighted by Crippen LogP contribution is 2.33. The molecule has 1 heterocycles. The number of amides is 1. The number of hydrogen-bond acceptors (Lipinski definition) is 6. The third-order valence-corrected chi connectivity index (χ3v) is 4.68. The molecule has 0 unspecified atom stereocenters. The second-order valence-electron chi connectivity index (χ2n) is 4.13. The molecule has 0 aliphatic carbocycles. The Morgan fingerprint density at radius 3 is 2.82 bits per heavy atom. The Morgan fingerprint density at radius 1 is 1.55 bits per heavy atom. The quantitative estimate of drug-likeness (QED) is 0.357. The third kappa shape index (κ3) is 3.51. The molecule has 10 heteroatoms. The Kier molecular flexibility index (Phi) is 4.94. The number of aliphatic carboxylic acids is 1. The van der Waals surface area contributed by atoms with Crippen LogP contribution in [0.1, 0.15) is 5.56 Å². The van der Waals surface area contributed by atoms with Crippen LogP contribution >= 0.6 is 39.9 Å². The Morgan fingerprint density at radius 2 is 2.23 bits per heavy atom. The van der Waals surface area contributed by atoms with Crippen LogP contribution in [0.3, 0.4) is 0 Å². The lowest BCUT2D eigenvalue weighted by molar-refractivity contribution is -0.385. The van der Waals surface area contributed by atoms with Crippen LogP contribution in [0.25, 0.3) is 6.08 Å². The fraction of sp³-hybridized carbons (Fsp3) is 0.0833. The van der Waals surface area contributed by atoms with Crippen LogP contribution < -0.4 is 0 Å². The number of carboxylic acids is 1. The highest BCUT2D eigenvalue weighted by atomic mass is 79.9. The van der Waals surface area contributed by atoms with Gasteiger partial charge in [-0.3, -0.25) is 24.6 Å². The van der Waals surface area contributed by atoms with Gasteiger partial charge in [0.15, 0.2) is 0 Å². The molecule has 0 saturated carbocycles. The van der Waals surface area contributed by atoms with Crippen molar-refractivity contribution in [1.29, 1.82) is 0 Å². The summed E-state index contributed by atoms with van der Waals surface area (Å²) in [4.78, 5) is 34.3. The first-order valence-corrected chi connectivity index (χ1v) is 7.72. The average molecular weight is 403 g/mol. The van der Waals surface area contributed by atoms with E-state index in [1.807, 2.05) is 0 Å². The molecule has 7 nitrogen and oxygen atoms in total. The number of nitro groups is 1. The number of nitro benzene ring substituents is 1. The standard InChI is InChI=1S/C12H7BrN2O5S2/c13-7-2-1-6(3-8(7)15(19)20)4-9-11(18)14(5-10(16)17)12(21)22-9/h1-4H,5H2,(H,16,17)/b9-4-. The van der Waals surface area contributed by atoms with E-state index in [0.717, 1.165) is 16.7 Å². The van der Waals surface area contributed by atoms with Crippen molar-refractivity contribution in [3.8, 4) is 0 Å². The molecule has 0 bridgehead atoms. The van der Waals surface area contributed by atoms with Crippen LogP contribution in [0.2, 0.25) is 0 Å². The van der Waals surface area contributed by atoms with Gasteiger partial charge in [-0.15, -0.1) is 0 Å². The molecule has 0 spiro atoms. The van der Waals surface area contributed by atoms with Crippen molar-refractivity contribution in [2.75, 3.05) is 6.54 Å². The van der Waals surface area contributed by atoms with Gasteiger partial charge in [0.25, 0.3) is 11.6 Å². The van der Waals surface area contributed by atoms with Gasteiger partial charge in [0.1, 0.15) is 10.9 Å².